The van der Waals surface area contributed by atoms with Gasteiger partial charge in [-0.1, -0.05) is 32.4 Å². The van der Waals surface area contributed by atoms with Gasteiger partial charge in [-0.3, -0.25) is 4.79 Å². The van der Waals surface area contributed by atoms with Crippen molar-refractivity contribution in [1.82, 2.24) is 10.3 Å². The van der Waals surface area contributed by atoms with Gasteiger partial charge in [-0.05, 0) is 30.9 Å². The third-order valence-electron chi connectivity index (χ3n) is 3.93. The lowest BCUT2D eigenvalue weighted by Crippen LogP contribution is -2.44. The maximum Gasteiger partial charge on any atom is 0.326 e. The van der Waals surface area contributed by atoms with Gasteiger partial charge in [0.25, 0.3) is 0 Å². The number of hydrogen-bond donors (Lipinski definition) is 2. The van der Waals surface area contributed by atoms with Crippen molar-refractivity contribution in [2.45, 2.75) is 45.6 Å². The SMILES string of the molecule is CC[C@H](C)[C@H](NC(=O)CCCc1nc2ccccc2s1)C(=O)O. The summed E-state index contributed by atoms with van der Waals surface area (Å²) in [5.74, 6) is -1.27. The number of nitrogens with zero attached hydrogens (tertiary/aromatic N) is 1. The Morgan fingerprint density at radius 1 is 1.35 bits per heavy atom. The average molecular weight is 334 g/mol. The van der Waals surface area contributed by atoms with Gasteiger partial charge >= 0.3 is 5.97 Å². The van der Waals surface area contributed by atoms with Crippen LogP contribution in [0, 0.1) is 5.92 Å². The molecule has 2 aromatic rings. The van der Waals surface area contributed by atoms with Gasteiger partial charge in [-0.15, -0.1) is 11.3 Å². The van der Waals surface area contributed by atoms with Crippen molar-refractivity contribution in [2.75, 3.05) is 0 Å². The number of aryl methyl sites for hydroxylation is 1. The highest BCUT2D eigenvalue weighted by atomic mass is 32.1. The molecule has 0 radical (unpaired) electrons. The second kappa shape index (κ2) is 8.06. The monoisotopic (exact) mass is 334 g/mol. The summed E-state index contributed by atoms with van der Waals surface area (Å²) in [7, 11) is 0. The molecule has 2 rings (SSSR count). The first kappa shape index (κ1) is 17.4. The summed E-state index contributed by atoms with van der Waals surface area (Å²) >= 11 is 1.64. The van der Waals surface area contributed by atoms with E-state index in [9.17, 15) is 14.7 Å². The first-order chi connectivity index (χ1) is 11.0. The molecule has 2 atom stereocenters. The highest BCUT2D eigenvalue weighted by Gasteiger charge is 2.24. The third-order valence-corrected chi connectivity index (χ3v) is 5.02. The number of amides is 1. The fourth-order valence-corrected chi connectivity index (χ4v) is 3.36. The molecule has 1 amide bonds. The molecule has 1 heterocycles. The number of hydrogen-bond acceptors (Lipinski definition) is 4. The first-order valence-electron chi connectivity index (χ1n) is 7.88. The van der Waals surface area contributed by atoms with Crippen molar-refractivity contribution >= 4 is 33.4 Å². The minimum absolute atomic E-state index is 0.0827. The summed E-state index contributed by atoms with van der Waals surface area (Å²) in [6.45, 7) is 3.75. The summed E-state index contributed by atoms with van der Waals surface area (Å²) in [5.41, 5.74) is 0.986. The summed E-state index contributed by atoms with van der Waals surface area (Å²) in [6, 6.07) is 7.15. The van der Waals surface area contributed by atoms with Crippen LogP contribution >= 0.6 is 11.3 Å². The van der Waals surface area contributed by atoms with Crippen molar-refractivity contribution in [2.24, 2.45) is 5.92 Å². The van der Waals surface area contributed by atoms with E-state index in [1.54, 1.807) is 11.3 Å². The van der Waals surface area contributed by atoms with E-state index < -0.39 is 12.0 Å². The second-order valence-corrected chi connectivity index (χ2v) is 6.81. The van der Waals surface area contributed by atoms with Gasteiger partial charge in [0.05, 0.1) is 15.2 Å². The Hall–Kier alpha value is -1.95. The minimum Gasteiger partial charge on any atom is -0.480 e. The lowest BCUT2D eigenvalue weighted by Gasteiger charge is -2.20. The molecule has 124 valence electrons. The van der Waals surface area contributed by atoms with Crippen LogP contribution < -0.4 is 5.32 Å². The topological polar surface area (TPSA) is 79.3 Å². The van der Waals surface area contributed by atoms with Crippen LogP contribution in [0.25, 0.3) is 10.2 Å². The molecule has 0 aliphatic carbocycles. The number of rotatable bonds is 8. The lowest BCUT2D eigenvalue weighted by molar-refractivity contribution is -0.143. The molecule has 0 aliphatic heterocycles. The number of carboxylic acids is 1. The summed E-state index contributed by atoms with van der Waals surface area (Å²) in [4.78, 5) is 27.7. The Morgan fingerprint density at radius 3 is 2.74 bits per heavy atom. The summed E-state index contributed by atoms with van der Waals surface area (Å²) in [6.07, 6.45) is 2.42. The summed E-state index contributed by atoms with van der Waals surface area (Å²) in [5, 5.41) is 12.8. The van der Waals surface area contributed by atoms with Crippen molar-refractivity contribution < 1.29 is 14.7 Å². The Kier molecular flexibility index (Phi) is 6.10. The Balaban J connectivity index is 1.83. The van der Waals surface area contributed by atoms with Gasteiger partial charge in [0, 0.05) is 6.42 Å². The molecular formula is C17H22N2O3S. The maximum atomic E-state index is 11.9. The molecule has 0 bridgehead atoms. The van der Waals surface area contributed by atoms with Gasteiger partial charge < -0.3 is 10.4 Å². The average Bonchev–Trinajstić information content (AvgIpc) is 2.94. The smallest absolute Gasteiger partial charge is 0.326 e. The maximum absolute atomic E-state index is 11.9. The van der Waals surface area contributed by atoms with Gasteiger partial charge in [0.2, 0.25) is 5.91 Å². The zero-order chi connectivity index (χ0) is 16.8. The number of carboxylic acid groups (broad SMARTS) is 1. The molecule has 0 fully saturated rings. The first-order valence-corrected chi connectivity index (χ1v) is 8.69. The van der Waals surface area contributed by atoms with E-state index in [1.807, 2.05) is 38.1 Å². The largest absolute Gasteiger partial charge is 0.480 e. The molecule has 0 saturated heterocycles. The number of fused-ring (bicyclic) bond motifs is 1. The van der Waals surface area contributed by atoms with Crippen LogP contribution in [-0.2, 0) is 16.0 Å². The van der Waals surface area contributed by atoms with Crippen LogP contribution in [0.3, 0.4) is 0 Å². The number of benzene rings is 1. The van der Waals surface area contributed by atoms with Crippen molar-refractivity contribution in [3.63, 3.8) is 0 Å². The molecule has 0 unspecified atom stereocenters. The van der Waals surface area contributed by atoms with Crippen molar-refractivity contribution in [1.29, 1.82) is 0 Å². The predicted molar refractivity (Wildman–Crippen MR) is 91.6 cm³/mol. The lowest BCUT2D eigenvalue weighted by atomic mass is 9.99. The minimum atomic E-state index is -0.973. The van der Waals surface area contributed by atoms with Gasteiger partial charge in [-0.25, -0.2) is 9.78 Å². The van der Waals surface area contributed by atoms with E-state index >= 15 is 0 Å². The number of nitrogens with one attached hydrogen (secondary N) is 1. The number of carbonyl (C=O) groups excluding carboxylic acids is 1. The third kappa shape index (κ3) is 4.76. The zero-order valence-corrected chi connectivity index (χ0v) is 14.2. The summed E-state index contributed by atoms with van der Waals surface area (Å²) < 4.78 is 1.15. The van der Waals surface area contributed by atoms with E-state index in [4.69, 9.17) is 0 Å². The zero-order valence-electron chi connectivity index (χ0n) is 13.4. The Bertz CT molecular complexity index is 650. The van der Waals surface area contributed by atoms with E-state index in [2.05, 4.69) is 10.3 Å². The quantitative estimate of drug-likeness (QED) is 0.777. The fourth-order valence-electron chi connectivity index (χ4n) is 2.36. The Labute approximate surface area is 139 Å². The van der Waals surface area contributed by atoms with Crippen LogP contribution in [0.5, 0.6) is 0 Å². The van der Waals surface area contributed by atoms with Crippen molar-refractivity contribution in [3.8, 4) is 0 Å². The van der Waals surface area contributed by atoms with E-state index in [0.717, 1.165) is 21.6 Å². The van der Waals surface area contributed by atoms with Crippen molar-refractivity contribution in [3.05, 3.63) is 29.3 Å². The molecule has 0 spiro atoms. The van der Waals surface area contributed by atoms with Crippen LogP contribution in [-0.4, -0.2) is 28.0 Å². The standard InChI is InChI=1S/C17H22N2O3S/c1-3-11(2)16(17(21)22)19-14(20)9-6-10-15-18-12-7-4-5-8-13(12)23-15/h4-5,7-8,11,16H,3,6,9-10H2,1-2H3,(H,19,20)(H,21,22)/t11-,16-/m0/s1. The van der Waals surface area contributed by atoms with E-state index in [-0.39, 0.29) is 11.8 Å². The molecule has 6 heteroatoms. The number of aromatic nitrogens is 1. The fraction of sp³-hybridized carbons (Fsp3) is 0.471. The van der Waals surface area contributed by atoms with Crippen LogP contribution in [0.15, 0.2) is 24.3 Å². The van der Waals surface area contributed by atoms with Crippen LogP contribution in [0.2, 0.25) is 0 Å². The molecule has 1 aromatic carbocycles. The van der Waals surface area contributed by atoms with Crippen LogP contribution in [0.4, 0.5) is 0 Å². The van der Waals surface area contributed by atoms with Crippen LogP contribution in [0.1, 0.15) is 38.1 Å². The van der Waals surface area contributed by atoms with E-state index in [0.29, 0.717) is 19.3 Å². The van der Waals surface area contributed by atoms with Gasteiger partial charge in [0.1, 0.15) is 6.04 Å². The molecule has 1 aromatic heterocycles. The number of carbonyl (C=O) groups is 2. The Morgan fingerprint density at radius 2 is 2.09 bits per heavy atom. The molecule has 23 heavy (non-hydrogen) atoms. The molecule has 0 saturated carbocycles. The second-order valence-electron chi connectivity index (χ2n) is 5.70. The highest BCUT2D eigenvalue weighted by Crippen LogP contribution is 2.22. The number of thiazole rings is 1. The van der Waals surface area contributed by atoms with Gasteiger partial charge in [-0.2, -0.15) is 0 Å². The van der Waals surface area contributed by atoms with E-state index in [1.165, 1.54) is 0 Å². The molecule has 2 N–H and O–H groups in total. The number of para-hydroxylation sites is 1. The molecular weight excluding hydrogens is 312 g/mol. The highest BCUT2D eigenvalue weighted by molar-refractivity contribution is 7.18. The van der Waals surface area contributed by atoms with Gasteiger partial charge in [0.15, 0.2) is 0 Å². The normalized spacial score (nSPS) is 13.7. The number of aliphatic carboxylic acids is 1. The molecule has 0 aliphatic rings. The predicted octanol–water partition coefficient (Wildman–Crippen LogP) is 3.23. The molecule has 5 nitrogen and oxygen atoms in total.